The van der Waals surface area contributed by atoms with Crippen LogP contribution in [0, 0.1) is 0 Å². The van der Waals surface area contributed by atoms with Gasteiger partial charge < -0.3 is 19.5 Å². The minimum atomic E-state index is -0.800. The quantitative estimate of drug-likeness (QED) is 0.431. The molecule has 0 fully saturated rings. The summed E-state index contributed by atoms with van der Waals surface area (Å²) in [6, 6.07) is 11.0. The van der Waals surface area contributed by atoms with E-state index in [4.69, 9.17) is 16.3 Å². The molecule has 0 bridgehead atoms. The van der Waals surface area contributed by atoms with Crippen molar-refractivity contribution in [3.8, 4) is 5.75 Å². The number of halogens is 1. The summed E-state index contributed by atoms with van der Waals surface area (Å²) < 4.78 is 14.4. The van der Waals surface area contributed by atoms with Gasteiger partial charge in [0, 0.05) is 16.1 Å². The van der Waals surface area contributed by atoms with E-state index in [9.17, 15) is 14.4 Å². The van der Waals surface area contributed by atoms with Gasteiger partial charge >= 0.3 is 11.9 Å². The fourth-order valence-corrected chi connectivity index (χ4v) is 2.41. The van der Waals surface area contributed by atoms with Crippen molar-refractivity contribution >= 4 is 35.0 Å². The number of esters is 2. The molecule has 0 aliphatic carbocycles. The van der Waals surface area contributed by atoms with Gasteiger partial charge in [-0.05, 0) is 42.5 Å². The fourth-order valence-electron chi connectivity index (χ4n) is 2.28. The molecule has 0 amide bonds. The van der Waals surface area contributed by atoms with Crippen molar-refractivity contribution < 1.29 is 28.6 Å². The van der Waals surface area contributed by atoms with Gasteiger partial charge in [0.2, 0.25) is 0 Å². The Morgan fingerprint density at radius 3 is 2.21 bits per heavy atom. The number of carbonyl (C=O) groups is 3. The summed E-state index contributed by atoms with van der Waals surface area (Å²) in [4.78, 5) is 36.5. The van der Waals surface area contributed by atoms with Crippen LogP contribution < -0.4 is 10.1 Å². The first-order chi connectivity index (χ1) is 13.4. The van der Waals surface area contributed by atoms with Gasteiger partial charge in [0.15, 0.2) is 5.78 Å². The third-order valence-electron chi connectivity index (χ3n) is 3.72. The maximum atomic E-state index is 13.0. The first kappa shape index (κ1) is 21.0. The second-order valence-electron chi connectivity index (χ2n) is 5.45. The average Bonchev–Trinajstić information content (AvgIpc) is 2.72. The van der Waals surface area contributed by atoms with Crippen molar-refractivity contribution in [2.75, 3.05) is 26.6 Å². The molecule has 7 nitrogen and oxygen atoms in total. The minimum absolute atomic E-state index is 0.190. The van der Waals surface area contributed by atoms with Crippen LogP contribution >= 0.6 is 11.6 Å². The van der Waals surface area contributed by atoms with Gasteiger partial charge in [-0.3, -0.25) is 4.79 Å². The zero-order valence-corrected chi connectivity index (χ0v) is 16.2. The summed E-state index contributed by atoms with van der Waals surface area (Å²) in [6.45, 7) is 0. The Bertz CT molecular complexity index is 921. The number of ether oxygens (including phenoxy) is 3. The molecule has 1 N–H and O–H groups in total. The van der Waals surface area contributed by atoms with E-state index in [0.29, 0.717) is 16.3 Å². The van der Waals surface area contributed by atoms with Gasteiger partial charge in [-0.2, -0.15) is 0 Å². The van der Waals surface area contributed by atoms with Crippen LogP contribution in [0.4, 0.5) is 5.69 Å². The Morgan fingerprint density at radius 1 is 0.964 bits per heavy atom. The van der Waals surface area contributed by atoms with Crippen LogP contribution in [-0.2, 0) is 19.1 Å². The van der Waals surface area contributed by atoms with Gasteiger partial charge in [-0.25, -0.2) is 9.59 Å². The Hall–Kier alpha value is -3.32. The molecule has 0 saturated carbocycles. The number of anilines is 1. The number of benzene rings is 2. The van der Waals surface area contributed by atoms with Crippen molar-refractivity contribution in [2.45, 2.75) is 0 Å². The van der Waals surface area contributed by atoms with Crippen molar-refractivity contribution in [2.24, 2.45) is 0 Å². The standard InChI is InChI=1S/C20H18ClNO6/c1-26-14-8-9-16(22-17(20(25)28-3)11-18(23)27-2)15(10-14)19(24)12-4-6-13(21)7-5-12/h4-11,22H,1-3H3/b17-11+. The molecule has 2 rings (SSSR count). The molecule has 2 aromatic rings. The number of carbonyl (C=O) groups excluding carboxylic acids is 3. The molecule has 0 heterocycles. The first-order valence-corrected chi connectivity index (χ1v) is 8.40. The van der Waals surface area contributed by atoms with Crippen LogP contribution in [-0.4, -0.2) is 39.1 Å². The Kier molecular flexibility index (Phi) is 7.17. The minimum Gasteiger partial charge on any atom is -0.497 e. The lowest BCUT2D eigenvalue weighted by Gasteiger charge is -2.14. The largest absolute Gasteiger partial charge is 0.497 e. The smallest absolute Gasteiger partial charge is 0.354 e. The van der Waals surface area contributed by atoms with Crippen molar-refractivity contribution in [1.29, 1.82) is 0 Å². The summed E-state index contributed by atoms with van der Waals surface area (Å²) in [5.41, 5.74) is 0.699. The highest BCUT2D eigenvalue weighted by molar-refractivity contribution is 6.30. The van der Waals surface area contributed by atoms with Gasteiger partial charge in [0.25, 0.3) is 0 Å². The molecule has 0 saturated heterocycles. The molecule has 0 unspecified atom stereocenters. The van der Waals surface area contributed by atoms with E-state index < -0.39 is 11.9 Å². The van der Waals surface area contributed by atoms with E-state index in [1.807, 2.05) is 0 Å². The van der Waals surface area contributed by atoms with Crippen LogP contribution in [0.15, 0.2) is 54.2 Å². The van der Waals surface area contributed by atoms with Gasteiger partial charge in [0.05, 0.1) is 33.1 Å². The summed E-state index contributed by atoms with van der Waals surface area (Å²) in [5.74, 6) is -1.45. The predicted octanol–water partition coefficient (Wildman–Crippen LogP) is 3.22. The normalized spacial score (nSPS) is 10.8. The average molecular weight is 404 g/mol. The molecular formula is C20H18ClNO6. The van der Waals surface area contributed by atoms with Crippen molar-refractivity contribution in [1.82, 2.24) is 0 Å². The van der Waals surface area contributed by atoms with E-state index >= 15 is 0 Å². The molecule has 2 aromatic carbocycles. The second kappa shape index (κ2) is 9.57. The lowest BCUT2D eigenvalue weighted by molar-refractivity contribution is -0.138. The molecule has 146 valence electrons. The number of hydrogen-bond donors (Lipinski definition) is 1. The first-order valence-electron chi connectivity index (χ1n) is 8.03. The Morgan fingerprint density at radius 2 is 1.64 bits per heavy atom. The molecule has 0 aromatic heterocycles. The maximum absolute atomic E-state index is 13.0. The monoisotopic (exact) mass is 403 g/mol. The molecule has 0 aliphatic rings. The summed E-state index contributed by atoms with van der Waals surface area (Å²) >= 11 is 5.88. The van der Waals surface area contributed by atoms with Crippen LogP contribution in [0.25, 0.3) is 0 Å². The highest BCUT2D eigenvalue weighted by Crippen LogP contribution is 2.26. The molecular weight excluding hydrogens is 386 g/mol. The van der Waals surface area contributed by atoms with E-state index in [2.05, 4.69) is 14.8 Å². The van der Waals surface area contributed by atoms with E-state index in [-0.39, 0.29) is 22.7 Å². The predicted molar refractivity (Wildman–Crippen MR) is 104 cm³/mol. The summed E-state index contributed by atoms with van der Waals surface area (Å²) in [6.07, 6.45) is 0.937. The third kappa shape index (κ3) is 5.11. The van der Waals surface area contributed by atoms with E-state index in [0.717, 1.165) is 6.08 Å². The molecule has 8 heteroatoms. The number of nitrogens with one attached hydrogen (secondary N) is 1. The lowest BCUT2D eigenvalue weighted by atomic mass is 10.0. The molecule has 0 spiro atoms. The molecule has 0 radical (unpaired) electrons. The number of ketones is 1. The Balaban J connectivity index is 2.50. The van der Waals surface area contributed by atoms with E-state index in [1.165, 1.54) is 27.4 Å². The molecule has 0 atom stereocenters. The number of methoxy groups -OCH3 is 3. The zero-order chi connectivity index (χ0) is 20.7. The zero-order valence-electron chi connectivity index (χ0n) is 15.4. The van der Waals surface area contributed by atoms with Crippen molar-refractivity contribution in [3.63, 3.8) is 0 Å². The van der Waals surface area contributed by atoms with Crippen LogP contribution in [0.1, 0.15) is 15.9 Å². The van der Waals surface area contributed by atoms with Crippen LogP contribution in [0.2, 0.25) is 5.02 Å². The van der Waals surface area contributed by atoms with E-state index in [1.54, 1.807) is 36.4 Å². The lowest BCUT2D eigenvalue weighted by Crippen LogP contribution is -2.17. The SMILES string of the molecule is COC(=O)/C=C(/Nc1ccc(OC)cc1C(=O)c1ccc(Cl)cc1)C(=O)OC. The molecule has 0 aliphatic heterocycles. The highest BCUT2D eigenvalue weighted by Gasteiger charge is 2.19. The van der Waals surface area contributed by atoms with Crippen LogP contribution in [0.5, 0.6) is 5.75 Å². The van der Waals surface area contributed by atoms with Crippen molar-refractivity contribution in [3.05, 3.63) is 70.4 Å². The maximum Gasteiger partial charge on any atom is 0.354 e. The third-order valence-corrected chi connectivity index (χ3v) is 3.97. The Labute approximate surface area is 166 Å². The fraction of sp³-hybridized carbons (Fsp3) is 0.150. The molecule has 28 heavy (non-hydrogen) atoms. The summed E-state index contributed by atoms with van der Waals surface area (Å²) in [5, 5.41) is 3.26. The number of rotatable bonds is 7. The van der Waals surface area contributed by atoms with Gasteiger partial charge in [-0.1, -0.05) is 11.6 Å². The summed E-state index contributed by atoms with van der Waals surface area (Å²) in [7, 11) is 3.82. The topological polar surface area (TPSA) is 90.9 Å². The second-order valence-corrected chi connectivity index (χ2v) is 5.88. The van der Waals surface area contributed by atoms with Gasteiger partial charge in [0.1, 0.15) is 11.4 Å². The highest BCUT2D eigenvalue weighted by atomic mass is 35.5. The number of hydrogen-bond acceptors (Lipinski definition) is 7. The van der Waals surface area contributed by atoms with Crippen LogP contribution in [0.3, 0.4) is 0 Å². The van der Waals surface area contributed by atoms with Gasteiger partial charge in [-0.15, -0.1) is 0 Å².